The lowest BCUT2D eigenvalue weighted by Gasteiger charge is -2.56. The summed E-state index contributed by atoms with van der Waals surface area (Å²) in [4.78, 5) is 0. The molecule has 18 heavy (non-hydrogen) atoms. The van der Waals surface area contributed by atoms with Crippen molar-refractivity contribution in [1.29, 1.82) is 0 Å². The van der Waals surface area contributed by atoms with Crippen molar-refractivity contribution in [3.8, 4) is 5.88 Å². The van der Waals surface area contributed by atoms with Gasteiger partial charge in [0.15, 0.2) is 0 Å². The molecule has 0 saturated heterocycles. The van der Waals surface area contributed by atoms with Crippen molar-refractivity contribution >= 4 is 17.2 Å². The largest absolute Gasteiger partial charge is 0.475 e. The van der Waals surface area contributed by atoms with Crippen molar-refractivity contribution in [3.05, 3.63) is 5.38 Å². The molecule has 98 valence electrons. The Kier molecular flexibility index (Phi) is 2.38. The van der Waals surface area contributed by atoms with E-state index in [2.05, 4.69) is 4.37 Å². The van der Waals surface area contributed by atoms with Gasteiger partial charge in [0.25, 0.3) is 0 Å². The van der Waals surface area contributed by atoms with E-state index >= 15 is 0 Å². The Balaban J connectivity index is 1.49. The van der Waals surface area contributed by atoms with Crippen LogP contribution in [0, 0.1) is 23.2 Å². The van der Waals surface area contributed by atoms with Gasteiger partial charge in [0.05, 0.1) is 6.61 Å². The zero-order valence-corrected chi connectivity index (χ0v) is 11.4. The molecule has 0 spiro atoms. The van der Waals surface area contributed by atoms with Crippen LogP contribution in [0.15, 0.2) is 5.38 Å². The van der Waals surface area contributed by atoms with Crippen LogP contribution in [-0.2, 0) is 0 Å². The van der Waals surface area contributed by atoms with Crippen LogP contribution in [0.5, 0.6) is 5.88 Å². The highest BCUT2D eigenvalue weighted by atomic mass is 32.1. The van der Waals surface area contributed by atoms with E-state index in [1.165, 1.54) is 50.1 Å². The minimum absolute atomic E-state index is 0.449. The smallest absolute Gasteiger partial charge is 0.248 e. The maximum atomic E-state index is 5.94. The molecule has 4 bridgehead atoms. The molecule has 1 heterocycles. The highest BCUT2D eigenvalue weighted by Gasteiger charge is 2.51. The number of ether oxygens (including phenoxy) is 1. The molecule has 1 aromatic rings. The first-order valence-electron chi connectivity index (χ1n) is 7.05. The van der Waals surface area contributed by atoms with Gasteiger partial charge < -0.3 is 10.5 Å². The summed E-state index contributed by atoms with van der Waals surface area (Å²) in [5, 5.41) is 1.86. The molecule has 4 heteroatoms. The molecule has 0 amide bonds. The van der Waals surface area contributed by atoms with Crippen LogP contribution in [0.4, 0.5) is 5.69 Å². The summed E-state index contributed by atoms with van der Waals surface area (Å²) < 4.78 is 10.2. The van der Waals surface area contributed by atoms with Gasteiger partial charge in [0, 0.05) is 10.8 Å². The standard InChI is InChI=1S/C14H20N2OS/c15-12-7-18-16-13(12)17-8-14-4-9-1-10(5-14)3-11(2-9)6-14/h7,9-11H,1-6,8,15H2. The second-order valence-electron chi connectivity index (χ2n) is 6.78. The van der Waals surface area contributed by atoms with Crippen molar-refractivity contribution in [1.82, 2.24) is 4.37 Å². The van der Waals surface area contributed by atoms with Crippen LogP contribution in [0.2, 0.25) is 0 Å². The van der Waals surface area contributed by atoms with Gasteiger partial charge in [-0.3, -0.25) is 0 Å². The second-order valence-corrected chi connectivity index (χ2v) is 7.41. The fourth-order valence-electron chi connectivity index (χ4n) is 5.03. The van der Waals surface area contributed by atoms with Crippen LogP contribution in [0.25, 0.3) is 0 Å². The summed E-state index contributed by atoms with van der Waals surface area (Å²) in [6.45, 7) is 0.838. The average Bonchev–Trinajstić information content (AvgIpc) is 2.70. The molecule has 4 fully saturated rings. The van der Waals surface area contributed by atoms with Gasteiger partial charge in [0.1, 0.15) is 5.69 Å². The number of aromatic nitrogens is 1. The predicted octanol–water partition coefficient (Wildman–Crippen LogP) is 3.32. The number of hydrogen-bond acceptors (Lipinski definition) is 4. The van der Waals surface area contributed by atoms with Crippen molar-refractivity contribution in [2.45, 2.75) is 38.5 Å². The fraction of sp³-hybridized carbons (Fsp3) is 0.786. The summed E-state index contributed by atoms with van der Waals surface area (Å²) in [6.07, 6.45) is 8.59. The van der Waals surface area contributed by atoms with Gasteiger partial charge in [-0.15, -0.1) is 0 Å². The fourth-order valence-corrected chi connectivity index (χ4v) is 5.55. The molecule has 0 aromatic carbocycles. The van der Waals surface area contributed by atoms with E-state index in [4.69, 9.17) is 10.5 Å². The molecule has 0 aliphatic heterocycles. The van der Waals surface area contributed by atoms with Crippen LogP contribution in [-0.4, -0.2) is 11.0 Å². The Morgan fingerprint density at radius 1 is 1.22 bits per heavy atom. The topological polar surface area (TPSA) is 48.1 Å². The normalized spacial score (nSPS) is 41.2. The molecule has 4 aliphatic rings. The molecule has 0 unspecified atom stereocenters. The molecular weight excluding hydrogens is 244 g/mol. The van der Waals surface area contributed by atoms with Gasteiger partial charge in [-0.25, -0.2) is 0 Å². The zero-order chi connectivity index (χ0) is 12.2. The first-order valence-corrected chi connectivity index (χ1v) is 7.89. The van der Waals surface area contributed by atoms with E-state index in [9.17, 15) is 0 Å². The lowest BCUT2D eigenvalue weighted by Crippen LogP contribution is -2.48. The highest BCUT2D eigenvalue weighted by Crippen LogP contribution is 2.60. The van der Waals surface area contributed by atoms with Crippen molar-refractivity contribution < 1.29 is 4.74 Å². The molecule has 1 aromatic heterocycles. The van der Waals surface area contributed by atoms with E-state index in [1.54, 1.807) is 0 Å². The summed E-state index contributed by atoms with van der Waals surface area (Å²) in [5.74, 6) is 3.60. The number of rotatable bonds is 3. The van der Waals surface area contributed by atoms with Gasteiger partial charge >= 0.3 is 0 Å². The molecule has 0 atom stereocenters. The van der Waals surface area contributed by atoms with Crippen LogP contribution in [0.1, 0.15) is 38.5 Å². The van der Waals surface area contributed by atoms with E-state index in [1.807, 2.05) is 5.38 Å². The number of nitrogens with zero attached hydrogens (tertiary/aromatic N) is 1. The van der Waals surface area contributed by atoms with E-state index in [0.717, 1.165) is 24.4 Å². The van der Waals surface area contributed by atoms with Gasteiger partial charge in [-0.05, 0) is 67.8 Å². The lowest BCUT2D eigenvalue weighted by atomic mass is 9.50. The monoisotopic (exact) mass is 264 g/mol. The number of nitrogen functional groups attached to an aromatic ring is 1. The Morgan fingerprint density at radius 3 is 2.33 bits per heavy atom. The van der Waals surface area contributed by atoms with Gasteiger partial charge in [0.2, 0.25) is 5.88 Å². The van der Waals surface area contributed by atoms with Crippen molar-refractivity contribution in [3.63, 3.8) is 0 Å². The Morgan fingerprint density at radius 2 is 1.83 bits per heavy atom. The molecule has 4 saturated carbocycles. The third kappa shape index (κ3) is 1.73. The van der Waals surface area contributed by atoms with Crippen LogP contribution >= 0.6 is 11.5 Å². The summed E-state index contributed by atoms with van der Waals surface area (Å²) >= 11 is 1.38. The molecular formula is C14H20N2OS. The van der Waals surface area contributed by atoms with Crippen LogP contribution in [0.3, 0.4) is 0 Å². The number of nitrogens with two attached hydrogens (primary N) is 1. The number of hydrogen-bond donors (Lipinski definition) is 1. The van der Waals surface area contributed by atoms with Gasteiger partial charge in [-0.2, -0.15) is 4.37 Å². The molecule has 5 rings (SSSR count). The summed E-state index contributed by atoms with van der Waals surface area (Å²) in [7, 11) is 0. The van der Waals surface area contributed by atoms with Crippen molar-refractivity contribution in [2.24, 2.45) is 23.2 Å². The van der Waals surface area contributed by atoms with E-state index < -0.39 is 0 Å². The number of anilines is 1. The van der Waals surface area contributed by atoms with Crippen LogP contribution < -0.4 is 10.5 Å². The molecule has 4 aliphatic carbocycles. The van der Waals surface area contributed by atoms with E-state index in [0.29, 0.717) is 17.0 Å². The van der Waals surface area contributed by atoms with Crippen molar-refractivity contribution in [2.75, 3.05) is 12.3 Å². The second kappa shape index (κ2) is 3.86. The minimum atomic E-state index is 0.449. The van der Waals surface area contributed by atoms with E-state index in [-0.39, 0.29) is 0 Å². The Labute approximate surface area is 112 Å². The Hall–Kier alpha value is -0.770. The van der Waals surface area contributed by atoms with Gasteiger partial charge in [-0.1, -0.05) is 0 Å². The quantitative estimate of drug-likeness (QED) is 0.911. The summed E-state index contributed by atoms with van der Waals surface area (Å²) in [5.41, 5.74) is 6.99. The average molecular weight is 264 g/mol. The third-order valence-electron chi connectivity index (χ3n) is 5.24. The highest BCUT2D eigenvalue weighted by molar-refractivity contribution is 7.04. The predicted molar refractivity (Wildman–Crippen MR) is 72.6 cm³/mol. The molecule has 2 N–H and O–H groups in total. The maximum Gasteiger partial charge on any atom is 0.248 e. The minimum Gasteiger partial charge on any atom is -0.475 e. The molecule has 0 radical (unpaired) electrons. The first kappa shape index (κ1) is 11.1. The summed E-state index contributed by atoms with van der Waals surface area (Å²) in [6, 6.07) is 0. The maximum absolute atomic E-state index is 5.94. The lowest BCUT2D eigenvalue weighted by molar-refractivity contribution is -0.0749. The molecule has 3 nitrogen and oxygen atoms in total. The first-order chi connectivity index (χ1) is 8.72. The Bertz CT molecular complexity index is 421. The third-order valence-corrected chi connectivity index (χ3v) is 5.87. The zero-order valence-electron chi connectivity index (χ0n) is 10.6. The SMILES string of the molecule is Nc1csnc1OCC12CC3CC(CC(C3)C1)C2.